The number of halogens is 6. The van der Waals surface area contributed by atoms with Crippen LogP contribution in [0.1, 0.15) is 27.8 Å². The molecule has 0 atom stereocenters. The Hall–Kier alpha value is -3.49. The fourth-order valence-electron chi connectivity index (χ4n) is 4.61. The lowest BCUT2D eigenvalue weighted by molar-refractivity contribution is -0.143. The van der Waals surface area contributed by atoms with Crippen molar-refractivity contribution >= 4 is 40.2 Å². The van der Waals surface area contributed by atoms with Crippen LogP contribution in [0.25, 0.3) is 6.08 Å². The molecule has 0 unspecified atom stereocenters. The average molecular weight is 642 g/mol. The van der Waals surface area contributed by atoms with Crippen molar-refractivity contribution in [1.82, 2.24) is 9.80 Å². The molecule has 0 aliphatic carbocycles. The number of rotatable bonds is 7. The lowest BCUT2D eigenvalue weighted by Gasteiger charge is -2.35. The van der Waals surface area contributed by atoms with E-state index in [2.05, 4.69) is 31.6 Å². The molecule has 1 amide bonds. The minimum Gasteiger partial charge on any atom is -0.493 e. The van der Waals surface area contributed by atoms with Crippen molar-refractivity contribution in [2.24, 2.45) is 4.99 Å². The summed E-state index contributed by atoms with van der Waals surface area (Å²) in [6, 6.07) is 8.12. The van der Waals surface area contributed by atoms with E-state index in [0.29, 0.717) is 21.7 Å². The highest BCUT2D eigenvalue weighted by molar-refractivity contribution is 8.18. The summed E-state index contributed by atoms with van der Waals surface area (Å²) in [5.74, 6) is -0.115. The standard InChI is InChI=1S/C29H25F6N3O3S2/c1-40-24-12-18(2-5-23(24)41-16-20-3-4-21(28(30,31)32)14-22(20)29(33,34)35)13-25-26(39)36-27(43-25)38-9-7-37(8-10-38)15-19-6-11-42-17-19/h2-6,11-14,17H,7-10,15-16H2,1H3/b25-13+. The minimum absolute atomic E-state index is 0.0723. The molecule has 3 heterocycles. The van der Waals surface area contributed by atoms with Gasteiger partial charge in [-0.2, -0.15) is 42.7 Å². The summed E-state index contributed by atoms with van der Waals surface area (Å²) in [6.07, 6.45) is -8.29. The molecule has 3 aromatic rings. The van der Waals surface area contributed by atoms with Gasteiger partial charge in [0, 0.05) is 38.3 Å². The first-order valence-corrected chi connectivity index (χ1v) is 14.8. The summed E-state index contributed by atoms with van der Waals surface area (Å²) in [4.78, 5) is 21.7. The molecule has 1 saturated heterocycles. The van der Waals surface area contributed by atoms with E-state index in [9.17, 15) is 31.1 Å². The van der Waals surface area contributed by atoms with Gasteiger partial charge in [-0.05, 0) is 70.1 Å². The fraction of sp³-hybridized carbons (Fsp3) is 0.310. The van der Waals surface area contributed by atoms with E-state index in [-0.39, 0.29) is 23.5 Å². The number of hydrogen-bond acceptors (Lipinski definition) is 7. The quantitative estimate of drug-likeness (QED) is 0.202. The van der Waals surface area contributed by atoms with E-state index >= 15 is 0 Å². The van der Waals surface area contributed by atoms with Gasteiger partial charge in [0.15, 0.2) is 16.7 Å². The maximum atomic E-state index is 13.5. The molecule has 6 nitrogen and oxygen atoms in total. The molecule has 43 heavy (non-hydrogen) atoms. The normalized spacial score (nSPS) is 17.5. The Morgan fingerprint density at radius 2 is 1.72 bits per heavy atom. The van der Waals surface area contributed by atoms with Crippen molar-refractivity contribution in [1.29, 1.82) is 0 Å². The molecule has 2 aromatic carbocycles. The summed E-state index contributed by atoms with van der Waals surface area (Å²) < 4.78 is 90.3. The Morgan fingerprint density at radius 3 is 2.37 bits per heavy atom. The molecule has 5 rings (SSSR count). The number of hydrogen-bond donors (Lipinski definition) is 0. The first kappa shape index (κ1) is 31.0. The zero-order valence-electron chi connectivity index (χ0n) is 22.7. The highest BCUT2D eigenvalue weighted by Gasteiger charge is 2.38. The Bertz CT molecular complexity index is 1530. The number of carbonyl (C=O) groups is 1. The predicted octanol–water partition coefficient (Wildman–Crippen LogP) is 7.16. The minimum atomic E-state index is -5.01. The van der Waals surface area contributed by atoms with Crippen molar-refractivity contribution in [3.05, 3.63) is 85.9 Å². The van der Waals surface area contributed by atoms with E-state index in [0.717, 1.165) is 38.8 Å². The summed E-state index contributed by atoms with van der Waals surface area (Å²) in [7, 11) is 1.34. The second-order valence-electron chi connectivity index (χ2n) is 9.77. The van der Waals surface area contributed by atoms with E-state index < -0.39 is 35.6 Å². The number of methoxy groups -OCH3 is 1. The summed E-state index contributed by atoms with van der Waals surface area (Å²) in [6.45, 7) is 3.42. The third-order valence-electron chi connectivity index (χ3n) is 6.85. The molecule has 0 spiro atoms. The van der Waals surface area contributed by atoms with Crippen LogP contribution in [0.4, 0.5) is 26.3 Å². The zero-order chi connectivity index (χ0) is 30.8. The number of benzene rings is 2. The highest BCUT2D eigenvalue weighted by Crippen LogP contribution is 2.39. The van der Waals surface area contributed by atoms with Gasteiger partial charge in [0.25, 0.3) is 5.91 Å². The zero-order valence-corrected chi connectivity index (χ0v) is 24.3. The van der Waals surface area contributed by atoms with Gasteiger partial charge in [0.1, 0.15) is 6.61 Å². The van der Waals surface area contributed by atoms with Crippen molar-refractivity contribution in [2.45, 2.75) is 25.5 Å². The molecule has 0 bridgehead atoms. The predicted molar refractivity (Wildman–Crippen MR) is 153 cm³/mol. The molecule has 2 aliphatic heterocycles. The molecular formula is C29H25F6N3O3S2. The highest BCUT2D eigenvalue weighted by atomic mass is 32.2. The van der Waals surface area contributed by atoms with Crippen LogP contribution < -0.4 is 9.47 Å². The monoisotopic (exact) mass is 641 g/mol. The Labute approximate surface area is 251 Å². The maximum absolute atomic E-state index is 13.5. The fourth-order valence-corrected chi connectivity index (χ4v) is 6.24. The van der Waals surface area contributed by atoms with Gasteiger partial charge < -0.3 is 14.4 Å². The van der Waals surface area contributed by atoms with Gasteiger partial charge in [0.2, 0.25) is 0 Å². The van der Waals surface area contributed by atoms with Gasteiger partial charge in [-0.15, -0.1) is 0 Å². The van der Waals surface area contributed by atoms with E-state index in [1.807, 2.05) is 0 Å². The largest absolute Gasteiger partial charge is 0.493 e. The van der Waals surface area contributed by atoms with Crippen LogP contribution in [0.5, 0.6) is 11.5 Å². The number of thiophene rings is 1. The number of aliphatic imine (C=N–C) groups is 1. The molecule has 1 fully saturated rings. The topological polar surface area (TPSA) is 54.4 Å². The van der Waals surface area contributed by atoms with E-state index in [1.54, 1.807) is 29.5 Å². The number of nitrogens with zero attached hydrogens (tertiary/aromatic N) is 3. The molecule has 0 radical (unpaired) electrons. The van der Waals surface area contributed by atoms with Gasteiger partial charge in [-0.1, -0.05) is 12.1 Å². The molecule has 14 heteroatoms. The number of thioether (sulfide) groups is 1. The molecule has 2 aliphatic rings. The third kappa shape index (κ3) is 7.54. The lowest BCUT2D eigenvalue weighted by Crippen LogP contribution is -2.47. The first-order chi connectivity index (χ1) is 20.4. The number of ether oxygens (including phenoxy) is 2. The van der Waals surface area contributed by atoms with Crippen molar-refractivity contribution in [3.63, 3.8) is 0 Å². The van der Waals surface area contributed by atoms with Crippen LogP contribution >= 0.6 is 23.1 Å². The van der Waals surface area contributed by atoms with Gasteiger partial charge in [-0.25, -0.2) is 0 Å². The van der Waals surface area contributed by atoms with Crippen LogP contribution in [0.3, 0.4) is 0 Å². The number of amidine groups is 1. The van der Waals surface area contributed by atoms with Crippen LogP contribution in [-0.2, 0) is 30.3 Å². The van der Waals surface area contributed by atoms with Crippen molar-refractivity contribution < 1.29 is 40.6 Å². The summed E-state index contributed by atoms with van der Waals surface area (Å²) in [5, 5.41) is 4.83. The van der Waals surface area contributed by atoms with E-state index in [1.165, 1.54) is 30.5 Å². The van der Waals surface area contributed by atoms with Crippen LogP contribution in [-0.4, -0.2) is 54.2 Å². The van der Waals surface area contributed by atoms with Crippen molar-refractivity contribution in [2.75, 3.05) is 33.3 Å². The number of alkyl halides is 6. The maximum Gasteiger partial charge on any atom is 0.416 e. The molecule has 228 valence electrons. The Balaban J connectivity index is 1.23. The average Bonchev–Trinajstić information content (AvgIpc) is 3.61. The number of amides is 1. The smallest absolute Gasteiger partial charge is 0.416 e. The van der Waals surface area contributed by atoms with Crippen molar-refractivity contribution in [3.8, 4) is 11.5 Å². The van der Waals surface area contributed by atoms with Gasteiger partial charge in [-0.3, -0.25) is 9.69 Å². The molecule has 1 aromatic heterocycles. The SMILES string of the molecule is COc1cc(/C=C2/SC(N3CCN(Cc4ccsc4)CC3)=NC2=O)ccc1OCc1ccc(C(F)(F)F)cc1C(F)(F)F. The number of carbonyl (C=O) groups excluding carboxylic acids is 1. The van der Waals surface area contributed by atoms with Crippen LogP contribution in [0.15, 0.2) is 63.1 Å². The summed E-state index contributed by atoms with van der Waals surface area (Å²) >= 11 is 2.94. The Kier molecular flexibility index (Phi) is 9.09. The van der Waals surface area contributed by atoms with Gasteiger partial charge >= 0.3 is 12.4 Å². The second-order valence-corrected chi connectivity index (χ2v) is 11.6. The number of piperazine rings is 1. The molecule has 0 saturated carbocycles. The Morgan fingerprint density at radius 1 is 0.953 bits per heavy atom. The second kappa shape index (κ2) is 12.6. The summed E-state index contributed by atoms with van der Waals surface area (Å²) in [5.41, 5.74) is -1.44. The molecular weight excluding hydrogens is 616 g/mol. The lowest BCUT2D eigenvalue weighted by atomic mass is 10.0. The van der Waals surface area contributed by atoms with E-state index in [4.69, 9.17) is 9.47 Å². The van der Waals surface area contributed by atoms with Crippen LogP contribution in [0.2, 0.25) is 0 Å². The first-order valence-electron chi connectivity index (χ1n) is 13.0. The van der Waals surface area contributed by atoms with Crippen LogP contribution in [0, 0.1) is 0 Å². The van der Waals surface area contributed by atoms with Gasteiger partial charge in [0.05, 0.1) is 23.1 Å². The molecule has 0 N–H and O–H groups in total. The third-order valence-corrected chi connectivity index (χ3v) is 8.63.